The lowest BCUT2D eigenvalue weighted by atomic mass is 10.1. The molecule has 1 rings (SSSR count). The van der Waals surface area contributed by atoms with Gasteiger partial charge >= 0.3 is 0 Å². The van der Waals surface area contributed by atoms with Gasteiger partial charge in [-0.05, 0) is 18.1 Å². The zero-order chi connectivity index (χ0) is 9.14. The number of H-pyrrole nitrogens is 1. The second kappa shape index (κ2) is 3.74. The molecule has 0 radical (unpaired) electrons. The molecule has 0 bridgehead atoms. The molecule has 0 amide bonds. The maximum Gasteiger partial charge on any atom is 0.0960 e. The van der Waals surface area contributed by atoms with Gasteiger partial charge in [-0.15, -0.1) is 0 Å². The molecule has 4 N–H and O–H groups in total. The number of hydrogen-bond acceptors (Lipinski definition) is 2. The number of nitrogens with two attached hydrogens (primary N) is 1. The summed E-state index contributed by atoms with van der Waals surface area (Å²) >= 11 is 0. The van der Waals surface area contributed by atoms with Crippen molar-refractivity contribution in [1.29, 1.82) is 0 Å². The van der Waals surface area contributed by atoms with Crippen molar-refractivity contribution in [1.82, 2.24) is 4.98 Å². The molecular weight excluding hydrogens is 152 g/mol. The normalized spacial score (nSPS) is 13.8. The highest BCUT2D eigenvalue weighted by atomic mass is 16.3. The monoisotopic (exact) mass is 168 g/mol. The number of aromatic nitrogens is 1. The zero-order valence-electron chi connectivity index (χ0n) is 7.54. The van der Waals surface area contributed by atoms with E-state index in [0.29, 0.717) is 6.54 Å². The van der Waals surface area contributed by atoms with Crippen molar-refractivity contribution in [3.8, 4) is 0 Å². The van der Waals surface area contributed by atoms with E-state index in [9.17, 15) is 5.11 Å². The van der Waals surface area contributed by atoms with Gasteiger partial charge in [0.1, 0.15) is 0 Å². The van der Waals surface area contributed by atoms with Crippen LogP contribution in [-0.2, 0) is 6.54 Å². The first-order valence-electron chi connectivity index (χ1n) is 4.21. The molecule has 0 fully saturated rings. The van der Waals surface area contributed by atoms with E-state index in [4.69, 9.17) is 5.73 Å². The molecule has 3 heteroatoms. The van der Waals surface area contributed by atoms with Crippen LogP contribution in [0.5, 0.6) is 0 Å². The smallest absolute Gasteiger partial charge is 0.0960 e. The van der Waals surface area contributed by atoms with Gasteiger partial charge in [0, 0.05) is 17.9 Å². The number of aromatic amines is 1. The topological polar surface area (TPSA) is 62.0 Å². The van der Waals surface area contributed by atoms with Gasteiger partial charge in [-0.3, -0.25) is 0 Å². The molecule has 1 aromatic rings. The van der Waals surface area contributed by atoms with Crippen molar-refractivity contribution >= 4 is 0 Å². The van der Waals surface area contributed by atoms with E-state index in [0.717, 1.165) is 11.4 Å². The van der Waals surface area contributed by atoms with Gasteiger partial charge in [-0.25, -0.2) is 0 Å². The highest BCUT2D eigenvalue weighted by Crippen LogP contribution is 2.19. The largest absolute Gasteiger partial charge is 0.387 e. The molecule has 0 aromatic carbocycles. The fourth-order valence-electron chi connectivity index (χ4n) is 1.11. The van der Waals surface area contributed by atoms with Crippen molar-refractivity contribution in [2.45, 2.75) is 26.5 Å². The van der Waals surface area contributed by atoms with Crippen LogP contribution in [0.15, 0.2) is 12.1 Å². The zero-order valence-corrected chi connectivity index (χ0v) is 7.54. The van der Waals surface area contributed by atoms with Crippen LogP contribution in [0.3, 0.4) is 0 Å². The lowest BCUT2D eigenvalue weighted by Crippen LogP contribution is -2.06. The maximum absolute atomic E-state index is 9.63. The minimum absolute atomic E-state index is 0.231. The highest BCUT2D eigenvalue weighted by molar-refractivity contribution is 5.15. The molecule has 0 saturated heterocycles. The van der Waals surface area contributed by atoms with E-state index in [1.165, 1.54) is 0 Å². The Labute approximate surface area is 72.6 Å². The van der Waals surface area contributed by atoms with Crippen LogP contribution in [0.4, 0.5) is 0 Å². The van der Waals surface area contributed by atoms with E-state index >= 15 is 0 Å². The summed E-state index contributed by atoms with van der Waals surface area (Å²) in [4.78, 5) is 3.07. The van der Waals surface area contributed by atoms with E-state index in [-0.39, 0.29) is 5.92 Å². The van der Waals surface area contributed by atoms with Gasteiger partial charge in [-0.1, -0.05) is 13.8 Å². The molecule has 1 unspecified atom stereocenters. The third-order valence-electron chi connectivity index (χ3n) is 1.94. The average Bonchev–Trinajstić information content (AvgIpc) is 2.50. The average molecular weight is 168 g/mol. The Kier molecular flexibility index (Phi) is 2.89. The van der Waals surface area contributed by atoms with Crippen LogP contribution < -0.4 is 5.73 Å². The van der Waals surface area contributed by atoms with Crippen LogP contribution in [0.2, 0.25) is 0 Å². The lowest BCUT2D eigenvalue weighted by molar-refractivity contribution is 0.123. The number of rotatable bonds is 3. The summed E-state index contributed by atoms with van der Waals surface area (Å²) in [6.07, 6.45) is -0.412. The molecule has 0 aliphatic heterocycles. The number of nitrogens with one attached hydrogen (secondary N) is 1. The summed E-state index contributed by atoms with van der Waals surface area (Å²) in [7, 11) is 0. The summed E-state index contributed by atoms with van der Waals surface area (Å²) in [5.74, 6) is 0.231. The predicted octanol–water partition coefficient (Wildman–Crippen LogP) is 1.16. The third kappa shape index (κ3) is 1.87. The van der Waals surface area contributed by atoms with Crippen molar-refractivity contribution in [3.05, 3.63) is 23.5 Å². The Balaban J connectivity index is 2.74. The van der Waals surface area contributed by atoms with Crippen molar-refractivity contribution in [2.24, 2.45) is 11.7 Å². The van der Waals surface area contributed by atoms with Crippen LogP contribution in [0, 0.1) is 5.92 Å². The Bertz CT molecular complexity index is 242. The van der Waals surface area contributed by atoms with Crippen LogP contribution in [-0.4, -0.2) is 10.1 Å². The van der Waals surface area contributed by atoms with Crippen molar-refractivity contribution in [2.75, 3.05) is 0 Å². The molecule has 68 valence electrons. The predicted molar refractivity (Wildman–Crippen MR) is 48.5 cm³/mol. The van der Waals surface area contributed by atoms with Gasteiger partial charge in [0.25, 0.3) is 0 Å². The summed E-state index contributed by atoms with van der Waals surface area (Å²) in [6.45, 7) is 4.45. The minimum atomic E-state index is -0.412. The van der Waals surface area contributed by atoms with Crippen molar-refractivity contribution in [3.63, 3.8) is 0 Å². The van der Waals surface area contributed by atoms with Crippen molar-refractivity contribution < 1.29 is 5.11 Å². The molecule has 0 spiro atoms. The quantitative estimate of drug-likeness (QED) is 0.634. The van der Waals surface area contributed by atoms with Crippen LogP contribution in [0.1, 0.15) is 31.3 Å². The molecule has 0 saturated carbocycles. The Morgan fingerprint density at radius 3 is 2.58 bits per heavy atom. The summed E-state index contributed by atoms with van der Waals surface area (Å²) < 4.78 is 0. The number of aliphatic hydroxyl groups is 1. The molecule has 0 aliphatic carbocycles. The van der Waals surface area contributed by atoms with Crippen LogP contribution in [0.25, 0.3) is 0 Å². The fourth-order valence-corrected chi connectivity index (χ4v) is 1.11. The first-order valence-corrected chi connectivity index (χ1v) is 4.21. The third-order valence-corrected chi connectivity index (χ3v) is 1.94. The second-order valence-electron chi connectivity index (χ2n) is 3.33. The molecule has 3 nitrogen and oxygen atoms in total. The summed E-state index contributed by atoms with van der Waals surface area (Å²) in [5, 5.41) is 9.63. The van der Waals surface area contributed by atoms with Gasteiger partial charge in [0.15, 0.2) is 0 Å². The van der Waals surface area contributed by atoms with Gasteiger partial charge in [0.05, 0.1) is 6.10 Å². The molecule has 1 atom stereocenters. The summed E-state index contributed by atoms with van der Waals surface area (Å²) in [5.41, 5.74) is 7.24. The molecule has 12 heavy (non-hydrogen) atoms. The molecule has 0 aliphatic rings. The first kappa shape index (κ1) is 9.29. The number of aliphatic hydroxyl groups excluding tert-OH is 1. The number of hydrogen-bond donors (Lipinski definition) is 3. The fraction of sp³-hybridized carbons (Fsp3) is 0.556. The van der Waals surface area contributed by atoms with E-state index < -0.39 is 6.10 Å². The first-order chi connectivity index (χ1) is 5.65. The van der Waals surface area contributed by atoms with Crippen LogP contribution >= 0.6 is 0 Å². The standard InChI is InChI=1S/C9H16N2O/c1-6(2)9(12)8-4-3-7(5-10)11-8/h3-4,6,9,11-12H,5,10H2,1-2H3. The molecule has 1 aromatic heterocycles. The van der Waals surface area contributed by atoms with E-state index in [1.54, 1.807) is 0 Å². The minimum Gasteiger partial charge on any atom is -0.387 e. The van der Waals surface area contributed by atoms with Gasteiger partial charge in [-0.2, -0.15) is 0 Å². The molecular formula is C9H16N2O. The Morgan fingerprint density at radius 1 is 1.50 bits per heavy atom. The van der Waals surface area contributed by atoms with Gasteiger partial charge in [0.2, 0.25) is 0 Å². The maximum atomic E-state index is 9.63. The second-order valence-corrected chi connectivity index (χ2v) is 3.33. The summed E-state index contributed by atoms with van der Waals surface area (Å²) in [6, 6.07) is 3.79. The lowest BCUT2D eigenvalue weighted by Gasteiger charge is -2.12. The van der Waals surface area contributed by atoms with E-state index in [2.05, 4.69) is 4.98 Å². The SMILES string of the molecule is CC(C)C(O)c1ccc(CN)[nH]1. The van der Waals surface area contributed by atoms with Gasteiger partial charge < -0.3 is 15.8 Å². The highest BCUT2D eigenvalue weighted by Gasteiger charge is 2.12. The Morgan fingerprint density at radius 2 is 2.17 bits per heavy atom. The Hall–Kier alpha value is -0.800. The van der Waals surface area contributed by atoms with E-state index in [1.807, 2.05) is 26.0 Å². The molecule has 1 heterocycles.